The number of thiazole rings is 1. The molecule has 5 nitrogen and oxygen atoms in total. The SMILES string of the molecule is CC1Cc2ccccc2N1C(=O)c1cnc2scc(-c3ccccc3)n2c1=O. The number of para-hydroxylation sites is 1. The quantitative estimate of drug-likeness (QED) is 0.522. The van der Waals surface area contributed by atoms with Crippen LogP contribution in [0, 0.1) is 0 Å². The standard InChI is InChI=1S/C22H17N3O2S/c1-14-11-16-9-5-6-10-18(16)24(14)20(26)17-12-23-22-25(21(17)27)19(13-28-22)15-7-3-2-4-8-15/h2-10,12-14H,11H2,1H3. The molecule has 1 amide bonds. The van der Waals surface area contributed by atoms with E-state index in [2.05, 4.69) is 4.98 Å². The molecular formula is C22H17N3O2S. The zero-order valence-corrected chi connectivity index (χ0v) is 16.0. The first-order chi connectivity index (χ1) is 13.6. The summed E-state index contributed by atoms with van der Waals surface area (Å²) in [5.74, 6) is -0.297. The molecule has 1 unspecified atom stereocenters. The van der Waals surface area contributed by atoms with Crippen LogP contribution in [0.15, 0.2) is 71.0 Å². The average molecular weight is 387 g/mol. The highest BCUT2D eigenvalue weighted by Gasteiger charge is 2.33. The van der Waals surface area contributed by atoms with Crippen molar-refractivity contribution in [3.8, 4) is 11.3 Å². The number of hydrogen-bond acceptors (Lipinski definition) is 4. The van der Waals surface area contributed by atoms with Gasteiger partial charge in [0.05, 0.1) is 5.69 Å². The molecule has 2 aromatic carbocycles. The van der Waals surface area contributed by atoms with Crippen molar-refractivity contribution in [2.45, 2.75) is 19.4 Å². The minimum absolute atomic E-state index is 0.000987. The van der Waals surface area contributed by atoms with Gasteiger partial charge in [-0.3, -0.25) is 14.0 Å². The zero-order chi connectivity index (χ0) is 19.3. The molecule has 0 saturated carbocycles. The largest absolute Gasteiger partial charge is 0.305 e. The molecule has 0 saturated heterocycles. The number of aromatic nitrogens is 2. The van der Waals surface area contributed by atoms with Crippen molar-refractivity contribution >= 4 is 27.9 Å². The van der Waals surface area contributed by atoms with Crippen molar-refractivity contribution in [3.05, 3.63) is 87.7 Å². The van der Waals surface area contributed by atoms with Crippen LogP contribution in [-0.2, 0) is 6.42 Å². The topological polar surface area (TPSA) is 54.7 Å². The van der Waals surface area contributed by atoms with E-state index in [1.54, 1.807) is 9.30 Å². The van der Waals surface area contributed by atoms with Gasteiger partial charge in [0.25, 0.3) is 11.5 Å². The number of amides is 1. The number of anilines is 1. The number of carbonyl (C=O) groups is 1. The lowest BCUT2D eigenvalue weighted by Crippen LogP contribution is -2.39. The van der Waals surface area contributed by atoms with Crippen LogP contribution in [0.4, 0.5) is 5.69 Å². The minimum Gasteiger partial charge on any atom is -0.305 e. The van der Waals surface area contributed by atoms with Crippen molar-refractivity contribution in [2.75, 3.05) is 4.90 Å². The fraction of sp³-hybridized carbons (Fsp3) is 0.136. The highest BCUT2D eigenvalue weighted by molar-refractivity contribution is 7.15. The molecule has 1 aliphatic rings. The van der Waals surface area contributed by atoms with E-state index >= 15 is 0 Å². The van der Waals surface area contributed by atoms with Crippen LogP contribution in [0.3, 0.4) is 0 Å². The maximum Gasteiger partial charge on any atom is 0.271 e. The van der Waals surface area contributed by atoms with Gasteiger partial charge >= 0.3 is 0 Å². The third-order valence-corrected chi connectivity index (χ3v) is 6.01. The molecule has 0 aliphatic carbocycles. The summed E-state index contributed by atoms with van der Waals surface area (Å²) in [5.41, 5.74) is 3.43. The predicted molar refractivity (Wildman–Crippen MR) is 111 cm³/mol. The molecule has 0 fully saturated rings. The van der Waals surface area contributed by atoms with Crippen molar-refractivity contribution in [1.29, 1.82) is 0 Å². The summed E-state index contributed by atoms with van der Waals surface area (Å²) >= 11 is 1.39. The molecule has 0 radical (unpaired) electrons. The molecule has 4 aromatic rings. The van der Waals surface area contributed by atoms with Crippen molar-refractivity contribution in [1.82, 2.24) is 9.38 Å². The molecule has 1 atom stereocenters. The van der Waals surface area contributed by atoms with Crippen LogP contribution in [-0.4, -0.2) is 21.3 Å². The molecule has 2 aromatic heterocycles. The number of benzene rings is 2. The molecule has 1 aliphatic heterocycles. The van der Waals surface area contributed by atoms with Crippen LogP contribution >= 0.6 is 11.3 Å². The van der Waals surface area contributed by atoms with Gasteiger partial charge < -0.3 is 4.90 Å². The summed E-state index contributed by atoms with van der Waals surface area (Å²) in [4.78, 5) is 33.3. The van der Waals surface area contributed by atoms with Crippen LogP contribution in [0.1, 0.15) is 22.8 Å². The first kappa shape index (κ1) is 16.9. The molecule has 0 N–H and O–H groups in total. The fourth-order valence-corrected chi connectivity index (χ4v) is 4.71. The molecule has 138 valence electrons. The second kappa shape index (κ2) is 6.42. The fourth-order valence-electron chi connectivity index (χ4n) is 3.85. The number of rotatable bonds is 2. The summed E-state index contributed by atoms with van der Waals surface area (Å²) < 4.78 is 1.54. The summed E-state index contributed by atoms with van der Waals surface area (Å²) in [7, 11) is 0. The smallest absolute Gasteiger partial charge is 0.271 e. The Bertz CT molecular complexity index is 1260. The van der Waals surface area contributed by atoms with E-state index in [1.165, 1.54) is 17.5 Å². The first-order valence-corrected chi connectivity index (χ1v) is 9.99. The number of carbonyl (C=O) groups excluding carboxylic acids is 1. The lowest BCUT2D eigenvalue weighted by Gasteiger charge is -2.22. The second-order valence-electron chi connectivity index (χ2n) is 6.94. The van der Waals surface area contributed by atoms with Crippen molar-refractivity contribution in [3.63, 3.8) is 0 Å². The van der Waals surface area contributed by atoms with Gasteiger partial charge in [-0.15, -0.1) is 11.3 Å². The Hall–Kier alpha value is -3.25. The van der Waals surface area contributed by atoms with E-state index in [-0.39, 0.29) is 23.1 Å². The number of hydrogen-bond donors (Lipinski definition) is 0. The summed E-state index contributed by atoms with van der Waals surface area (Å²) in [6, 6.07) is 17.5. The lowest BCUT2D eigenvalue weighted by molar-refractivity contribution is 0.0979. The normalized spacial score (nSPS) is 15.8. The van der Waals surface area contributed by atoms with Gasteiger partial charge in [0.15, 0.2) is 4.96 Å². The number of nitrogens with zero attached hydrogens (tertiary/aromatic N) is 3. The molecule has 28 heavy (non-hydrogen) atoms. The minimum atomic E-state index is -0.327. The third-order valence-electron chi connectivity index (χ3n) is 5.17. The van der Waals surface area contributed by atoms with Crippen LogP contribution in [0.2, 0.25) is 0 Å². The van der Waals surface area contributed by atoms with Gasteiger partial charge in [0.1, 0.15) is 5.56 Å². The van der Waals surface area contributed by atoms with E-state index in [0.29, 0.717) is 4.96 Å². The third kappa shape index (κ3) is 2.49. The first-order valence-electron chi connectivity index (χ1n) is 9.11. The molecule has 0 bridgehead atoms. The predicted octanol–water partition coefficient (Wildman–Crippen LogP) is 4.01. The van der Waals surface area contributed by atoms with E-state index in [0.717, 1.165) is 28.9 Å². The Morgan fingerprint density at radius 2 is 1.86 bits per heavy atom. The molecule has 6 heteroatoms. The van der Waals surface area contributed by atoms with Gasteiger partial charge in [-0.05, 0) is 30.5 Å². The van der Waals surface area contributed by atoms with Gasteiger partial charge in [-0.25, -0.2) is 4.98 Å². The molecule has 3 heterocycles. The molecule has 5 rings (SSSR count). The zero-order valence-electron chi connectivity index (χ0n) is 15.2. The Morgan fingerprint density at radius 1 is 1.11 bits per heavy atom. The van der Waals surface area contributed by atoms with Crippen LogP contribution < -0.4 is 10.5 Å². The Balaban J connectivity index is 1.65. The van der Waals surface area contributed by atoms with Crippen molar-refractivity contribution < 1.29 is 4.79 Å². The molecular weight excluding hydrogens is 370 g/mol. The van der Waals surface area contributed by atoms with Gasteiger partial charge in [0, 0.05) is 23.3 Å². The van der Waals surface area contributed by atoms with Gasteiger partial charge in [-0.1, -0.05) is 48.5 Å². The maximum absolute atomic E-state index is 13.3. The average Bonchev–Trinajstić information content (AvgIpc) is 3.29. The highest BCUT2D eigenvalue weighted by atomic mass is 32.1. The highest BCUT2D eigenvalue weighted by Crippen LogP contribution is 2.33. The summed E-state index contributed by atoms with van der Waals surface area (Å²) in [6.07, 6.45) is 2.20. The Kier molecular flexibility index (Phi) is 3.87. The van der Waals surface area contributed by atoms with E-state index in [4.69, 9.17) is 0 Å². The summed E-state index contributed by atoms with van der Waals surface area (Å²) in [6.45, 7) is 2.00. The van der Waals surface area contributed by atoms with Crippen LogP contribution in [0.5, 0.6) is 0 Å². The van der Waals surface area contributed by atoms with Crippen molar-refractivity contribution in [2.24, 2.45) is 0 Å². The Labute approximate surface area is 165 Å². The number of fused-ring (bicyclic) bond motifs is 2. The lowest BCUT2D eigenvalue weighted by atomic mass is 10.1. The summed E-state index contributed by atoms with van der Waals surface area (Å²) in [5, 5.41) is 1.90. The Morgan fingerprint density at radius 3 is 2.68 bits per heavy atom. The van der Waals surface area contributed by atoms with E-state index in [9.17, 15) is 9.59 Å². The monoisotopic (exact) mass is 387 g/mol. The maximum atomic E-state index is 13.3. The molecule has 0 spiro atoms. The van der Waals surface area contributed by atoms with Gasteiger partial charge in [-0.2, -0.15) is 0 Å². The second-order valence-corrected chi connectivity index (χ2v) is 7.78. The van der Waals surface area contributed by atoms with E-state index in [1.807, 2.05) is 66.9 Å². The van der Waals surface area contributed by atoms with Gasteiger partial charge in [0.2, 0.25) is 0 Å². The van der Waals surface area contributed by atoms with E-state index < -0.39 is 0 Å². The van der Waals surface area contributed by atoms with Crippen LogP contribution in [0.25, 0.3) is 16.2 Å².